The van der Waals surface area contributed by atoms with Crippen LogP contribution in [-0.2, 0) is 4.12 Å². The monoisotopic (exact) mass is 247 g/mol. The summed E-state index contributed by atoms with van der Waals surface area (Å²) >= 11 is 0. The first kappa shape index (κ1) is 15.4. The lowest BCUT2D eigenvalue weighted by Gasteiger charge is -2.37. The molecule has 0 aromatic rings. The summed E-state index contributed by atoms with van der Waals surface area (Å²) in [5, 5.41) is 0. The molecule has 0 radical (unpaired) electrons. The van der Waals surface area contributed by atoms with Gasteiger partial charge in [-0.15, -0.1) is 0 Å². The van der Waals surface area contributed by atoms with Gasteiger partial charge in [0.1, 0.15) is 0 Å². The second-order valence-corrected chi connectivity index (χ2v) is 14.3. The molecular weight excluding hydrogens is 218 g/mol. The maximum atomic E-state index is 6.60. The molecule has 0 aromatic carbocycles. The Morgan fingerprint density at radius 3 is 1.80 bits per heavy atom. The molecule has 0 aliphatic carbocycles. The average molecular weight is 248 g/mol. The van der Waals surface area contributed by atoms with Crippen LogP contribution in [-0.4, -0.2) is 23.2 Å². The van der Waals surface area contributed by atoms with E-state index in [2.05, 4.69) is 33.9 Å². The van der Waals surface area contributed by atoms with Crippen molar-refractivity contribution < 1.29 is 4.12 Å². The van der Waals surface area contributed by atoms with Gasteiger partial charge >= 0.3 is 0 Å². The summed E-state index contributed by atoms with van der Waals surface area (Å²) in [7, 11) is -2.82. The molecule has 0 aliphatic heterocycles. The normalized spacial score (nSPS) is 13.2. The van der Waals surface area contributed by atoms with E-state index in [4.69, 9.17) is 9.85 Å². The van der Waals surface area contributed by atoms with Crippen molar-refractivity contribution in [1.29, 1.82) is 0 Å². The van der Waals surface area contributed by atoms with Gasteiger partial charge in [-0.25, -0.2) is 0 Å². The zero-order valence-corrected chi connectivity index (χ0v) is 13.2. The standard InChI is InChI=1S/C11H29NOSi2/c1-6-15(7-2,8-3)13-14(4,5)11-9-10-12/h6-12H2,1-5H3. The molecule has 0 unspecified atom stereocenters. The van der Waals surface area contributed by atoms with Crippen molar-refractivity contribution in [3.8, 4) is 0 Å². The molecule has 0 spiro atoms. The van der Waals surface area contributed by atoms with Crippen LogP contribution in [0.2, 0.25) is 37.3 Å². The molecule has 0 saturated heterocycles. The number of nitrogens with two attached hydrogens (primary N) is 1. The Bertz CT molecular complexity index is 162. The fourth-order valence-corrected chi connectivity index (χ4v) is 11.5. The van der Waals surface area contributed by atoms with E-state index in [0.717, 1.165) is 13.0 Å². The van der Waals surface area contributed by atoms with Gasteiger partial charge in [-0.1, -0.05) is 20.8 Å². The fourth-order valence-electron chi connectivity index (χ4n) is 2.13. The molecule has 0 atom stereocenters. The molecule has 0 heterocycles. The molecule has 0 bridgehead atoms. The smallest absolute Gasteiger partial charge is 0.178 e. The van der Waals surface area contributed by atoms with Gasteiger partial charge in [0, 0.05) is 0 Å². The minimum atomic E-state index is -1.44. The van der Waals surface area contributed by atoms with E-state index in [9.17, 15) is 0 Å². The van der Waals surface area contributed by atoms with Crippen LogP contribution in [0.1, 0.15) is 27.2 Å². The third kappa shape index (κ3) is 5.29. The molecule has 4 heteroatoms. The molecule has 0 saturated carbocycles. The predicted molar refractivity (Wildman–Crippen MR) is 74.2 cm³/mol. The van der Waals surface area contributed by atoms with Crippen LogP contribution >= 0.6 is 0 Å². The minimum absolute atomic E-state index is 0.804. The quantitative estimate of drug-likeness (QED) is 0.666. The summed E-state index contributed by atoms with van der Waals surface area (Å²) in [5.41, 5.74) is 5.57. The van der Waals surface area contributed by atoms with E-state index < -0.39 is 16.6 Å². The van der Waals surface area contributed by atoms with Crippen LogP contribution in [0.4, 0.5) is 0 Å². The molecule has 92 valence electrons. The molecule has 0 rings (SSSR count). The lowest BCUT2D eigenvalue weighted by molar-refractivity contribution is 0.520. The number of hydrogen-bond acceptors (Lipinski definition) is 2. The van der Waals surface area contributed by atoms with Gasteiger partial charge in [-0.2, -0.15) is 0 Å². The van der Waals surface area contributed by atoms with Gasteiger partial charge in [-0.3, -0.25) is 0 Å². The predicted octanol–water partition coefficient (Wildman–Crippen LogP) is 3.56. The fraction of sp³-hybridized carbons (Fsp3) is 1.00. The second kappa shape index (κ2) is 6.83. The molecule has 2 nitrogen and oxygen atoms in total. The van der Waals surface area contributed by atoms with Crippen molar-refractivity contribution in [3.63, 3.8) is 0 Å². The van der Waals surface area contributed by atoms with Gasteiger partial charge in [0.15, 0.2) is 16.6 Å². The Labute approximate surface area is 97.9 Å². The van der Waals surface area contributed by atoms with E-state index in [-0.39, 0.29) is 0 Å². The molecule has 0 aromatic heterocycles. The van der Waals surface area contributed by atoms with Crippen molar-refractivity contribution in [2.45, 2.75) is 64.5 Å². The zero-order chi connectivity index (χ0) is 11.9. The van der Waals surface area contributed by atoms with Crippen molar-refractivity contribution in [3.05, 3.63) is 0 Å². The maximum absolute atomic E-state index is 6.60. The van der Waals surface area contributed by atoms with Crippen LogP contribution in [0, 0.1) is 0 Å². The van der Waals surface area contributed by atoms with Crippen molar-refractivity contribution in [2.24, 2.45) is 5.73 Å². The summed E-state index contributed by atoms with van der Waals surface area (Å²) in [6.07, 6.45) is 1.13. The van der Waals surface area contributed by atoms with E-state index in [1.54, 1.807) is 0 Å². The van der Waals surface area contributed by atoms with Crippen molar-refractivity contribution in [1.82, 2.24) is 0 Å². The molecule has 0 fully saturated rings. The SMILES string of the molecule is CC[Si](CC)(CC)O[Si](C)(C)CCCN. The van der Waals surface area contributed by atoms with Crippen LogP contribution in [0.25, 0.3) is 0 Å². The summed E-state index contributed by atoms with van der Waals surface area (Å²) in [4.78, 5) is 0. The summed E-state index contributed by atoms with van der Waals surface area (Å²) in [6, 6.07) is 5.01. The first-order valence-corrected chi connectivity index (χ1v) is 12.0. The Hall–Kier alpha value is 0.354. The largest absolute Gasteiger partial charge is 0.455 e. The number of rotatable bonds is 8. The van der Waals surface area contributed by atoms with Crippen LogP contribution in [0.15, 0.2) is 0 Å². The molecule has 15 heavy (non-hydrogen) atoms. The van der Waals surface area contributed by atoms with Gasteiger partial charge in [-0.05, 0) is 50.2 Å². The highest BCUT2D eigenvalue weighted by Crippen LogP contribution is 2.28. The van der Waals surface area contributed by atoms with E-state index in [0.29, 0.717) is 0 Å². The van der Waals surface area contributed by atoms with E-state index in [1.165, 1.54) is 24.2 Å². The highest BCUT2D eigenvalue weighted by Gasteiger charge is 2.35. The lowest BCUT2D eigenvalue weighted by atomic mass is 10.5. The van der Waals surface area contributed by atoms with Gasteiger partial charge in [0.05, 0.1) is 0 Å². The van der Waals surface area contributed by atoms with Crippen molar-refractivity contribution >= 4 is 16.6 Å². The molecular formula is C11H29NOSi2. The van der Waals surface area contributed by atoms with Crippen LogP contribution < -0.4 is 5.73 Å². The molecule has 2 N–H and O–H groups in total. The van der Waals surface area contributed by atoms with Crippen LogP contribution in [0.3, 0.4) is 0 Å². The highest BCUT2D eigenvalue weighted by molar-refractivity contribution is 6.86. The van der Waals surface area contributed by atoms with Gasteiger partial charge < -0.3 is 9.85 Å². The third-order valence-electron chi connectivity index (χ3n) is 3.41. The third-order valence-corrected chi connectivity index (χ3v) is 12.8. The first-order chi connectivity index (χ1) is 6.95. The summed E-state index contributed by atoms with van der Waals surface area (Å²) < 4.78 is 6.60. The highest BCUT2D eigenvalue weighted by atomic mass is 28.4. The molecule has 0 aliphatic rings. The van der Waals surface area contributed by atoms with Gasteiger partial charge in [0.25, 0.3) is 0 Å². The van der Waals surface area contributed by atoms with Crippen LogP contribution in [0.5, 0.6) is 0 Å². The number of hydrogen-bond donors (Lipinski definition) is 1. The Morgan fingerprint density at radius 2 is 1.47 bits per heavy atom. The van der Waals surface area contributed by atoms with Gasteiger partial charge in [0.2, 0.25) is 0 Å². The summed E-state index contributed by atoms with van der Waals surface area (Å²) in [6.45, 7) is 12.4. The van der Waals surface area contributed by atoms with E-state index in [1.807, 2.05) is 0 Å². The Balaban J connectivity index is 4.37. The minimum Gasteiger partial charge on any atom is -0.455 e. The second-order valence-electron chi connectivity index (χ2n) is 5.00. The maximum Gasteiger partial charge on any atom is 0.178 e. The Kier molecular flexibility index (Phi) is 6.99. The first-order valence-electron chi connectivity index (χ1n) is 6.35. The molecule has 0 amide bonds. The Morgan fingerprint density at radius 1 is 1.00 bits per heavy atom. The summed E-state index contributed by atoms with van der Waals surface area (Å²) in [5.74, 6) is 0. The van der Waals surface area contributed by atoms with E-state index >= 15 is 0 Å². The topological polar surface area (TPSA) is 35.2 Å². The average Bonchev–Trinajstić information content (AvgIpc) is 2.23. The van der Waals surface area contributed by atoms with Crippen molar-refractivity contribution in [2.75, 3.05) is 6.54 Å². The zero-order valence-electron chi connectivity index (χ0n) is 11.2. The lowest BCUT2D eigenvalue weighted by Crippen LogP contribution is -2.47.